The summed E-state index contributed by atoms with van der Waals surface area (Å²) in [5.74, 6) is -0.398. The number of rotatable bonds is 5. The van der Waals surface area contributed by atoms with Gasteiger partial charge < -0.3 is 20.6 Å². The SMILES string of the molecule is C[C@H](O)[C@H]1NC(=O)[C@@H]2C[C@H](NCc3nc(-c4ccccc4)cs3)CN2C1=O. The lowest BCUT2D eigenvalue weighted by Gasteiger charge is -2.35. The van der Waals surface area contributed by atoms with Crippen LogP contribution in [0.1, 0.15) is 18.4 Å². The lowest BCUT2D eigenvalue weighted by molar-refractivity contribution is -0.149. The van der Waals surface area contributed by atoms with Crippen LogP contribution in [0.15, 0.2) is 35.7 Å². The maximum absolute atomic E-state index is 12.5. The van der Waals surface area contributed by atoms with E-state index in [-0.39, 0.29) is 17.9 Å². The summed E-state index contributed by atoms with van der Waals surface area (Å²) in [6, 6.07) is 8.75. The van der Waals surface area contributed by atoms with E-state index in [9.17, 15) is 14.7 Å². The smallest absolute Gasteiger partial charge is 0.248 e. The Hall–Kier alpha value is -2.29. The zero-order valence-corrected chi connectivity index (χ0v) is 15.8. The van der Waals surface area contributed by atoms with Crippen molar-refractivity contribution in [3.8, 4) is 11.3 Å². The van der Waals surface area contributed by atoms with Crippen molar-refractivity contribution in [3.05, 3.63) is 40.7 Å². The van der Waals surface area contributed by atoms with Crippen molar-refractivity contribution >= 4 is 23.2 Å². The molecule has 2 fully saturated rings. The fourth-order valence-electron chi connectivity index (χ4n) is 3.66. The van der Waals surface area contributed by atoms with E-state index in [1.807, 2.05) is 35.7 Å². The third-order valence-electron chi connectivity index (χ3n) is 5.10. The van der Waals surface area contributed by atoms with Gasteiger partial charge in [0.15, 0.2) is 0 Å². The normalized spacial score (nSPS) is 26.0. The van der Waals surface area contributed by atoms with Crippen molar-refractivity contribution in [2.45, 2.75) is 44.1 Å². The fraction of sp³-hybridized carbons (Fsp3) is 0.421. The quantitative estimate of drug-likeness (QED) is 0.705. The highest BCUT2D eigenvalue weighted by Gasteiger charge is 2.47. The first kappa shape index (κ1) is 18.1. The summed E-state index contributed by atoms with van der Waals surface area (Å²) < 4.78 is 0. The molecule has 0 spiro atoms. The number of aliphatic hydroxyl groups excluding tert-OH is 1. The van der Waals surface area contributed by atoms with Crippen LogP contribution in [0.5, 0.6) is 0 Å². The number of nitrogens with one attached hydrogen (secondary N) is 2. The van der Waals surface area contributed by atoms with Crippen LogP contribution in [-0.4, -0.2) is 57.6 Å². The van der Waals surface area contributed by atoms with E-state index in [0.717, 1.165) is 16.3 Å². The molecule has 0 unspecified atom stereocenters. The molecule has 27 heavy (non-hydrogen) atoms. The number of nitrogens with zero attached hydrogens (tertiary/aromatic N) is 2. The van der Waals surface area contributed by atoms with Crippen LogP contribution in [0.25, 0.3) is 11.3 Å². The van der Waals surface area contributed by atoms with Crippen LogP contribution in [0.4, 0.5) is 0 Å². The van der Waals surface area contributed by atoms with Crippen molar-refractivity contribution in [2.75, 3.05) is 6.54 Å². The Labute approximate surface area is 161 Å². The number of carbonyl (C=O) groups excluding carboxylic acids is 2. The molecule has 2 aliphatic rings. The number of piperazine rings is 1. The molecule has 0 aliphatic carbocycles. The van der Waals surface area contributed by atoms with E-state index in [1.54, 1.807) is 16.2 Å². The molecule has 0 bridgehead atoms. The molecule has 2 aliphatic heterocycles. The highest BCUT2D eigenvalue weighted by Crippen LogP contribution is 2.25. The number of hydrogen-bond donors (Lipinski definition) is 3. The summed E-state index contributed by atoms with van der Waals surface area (Å²) in [4.78, 5) is 31.0. The maximum Gasteiger partial charge on any atom is 0.248 e. The van der Waals surface area contributed by atoms with Gasteiger partial charge in [0.2, 0.25) is 11.8 Å². The molecule has 0 radical (unpaired) electrons. The Kier molecular flexibility index (Phi) is 4.94. The average molecular weight is 386 g/mol. The molecular weight excluding hydrogens is 364 g/mol. The predicted octanol–water partition coefficient (Wildman–Crippen LogP) is 0.748. The second-order valence-electron chi connectivity index (χ2n) is 7.04. The Morgan fingerprint density at radius 2 is 2.15 bits per heavy atom. The van der Waals surface area contributed by atoms with Crippen molar-refractivity contribution in [1.29, 1.82) is 0 Å². The summed E-state index contributed by atoms with van der Waals surface area (Å²) >= 11 is 1.59. The number of thiazole rings is 1. The molecule has 1 aromatic carbocycles. The van der Waals surface area contributed by atoms with Gasteiger partial charge in [0.1, 0.15) is 17.1 Å². The number of hydrogen-bond acceptors (Lipinski definition) is 6. The van der Waals surface area contributed by atoms with Crippen LogP contribution in [0, 0.1) is 0 Å². The van der Waals surface area contributed by atoms with Gasteiger partial charge >= 0.3 is 0 Å². The van der Waals surface area contributed by atoms with Gasteiger partial charge in [-0.2, -0.15) is 0 Å². The summed E-state index contributed by atoms with van der Waals surface area (Å²) in [7, 11) is 0. The number of carbonyl (C=O) groups is 2. The van der Waals surface area contributed by atoms with Crippen LogP contribution >= 0.6 is 11.3 Å². The number of amides is 2. The zero-order valence-electron chi connectivity index (χ0n) is 15.0. The van der Waals surface area contributed by atoms with E-state index in [0.29, 0.717) is 19.5 Å². The molecule has 2 aromatic rings. The third kappa shape index (κ3) is 3.60. The van der Waals surface area contributed by atoms with Gasteiger partial charge in [-0.05, 0) is 13.3 Å². The summed E-state index contributed by atoms with van der Waals surface area (Å²) in [5.41, 5.74) is 2.04. The van der Waals surface area contributed by atoms with E-state index in [4.69, 9.17) is 0 Å². The zero-order chi connectivity index (χ0) is 19.0. The molecule has 0 saturated carbocycles. The monoisotopic (exact) mass is 386 g/mol. The average Bonchev–Trinajstić information content (AvgIpc) is 3.31. The highest BCUT2D eigenvalue weighted by molar-refractivity contribution is 7.09. The molecule has 142 valence electrons. The van der Waals surface area contributed by atoms with E-state index in [1.165, 1.54) is 6.92 Å². The molecule has 1 aromatic heterocycles. The molecule has 3 heterocycles. The van der Waals surface area contributed by atoms with E-state index in [2.05, 4.69) is 15.6 Å². The molecule has 2 saturated heterocycles. The Bertz CT molecular complexity index is 838. The van der Waals surface area contributed by atoms with Gasteiger partial charge in [-0.25, -0.2) is 4.98 Å². The van der Waals surface area contributed by atoms with E-state index < -0.39 is 18.2 Å². The van der Waals surface area contributed by atoms with Gasteiger partial charge in [0, 0.05) is 30.1 Å². The fourth-order valence-corrected chi connectivity index (χ4v) is 4.41. The Morgan fingerprint density at radius 1 is 1.37 bits per heavy atom. The molecule has 8 heteroatoms. The van der Waals surface area contributed by atoms with Gasteiger partial charge in [0.25, 0.3) is 0 Å². The Morgan fingerprint density at radius 3 is 2.89 bits per heavy atom. The molecule has 7 nitrogen and oxygen atoms in total. The van der Waals surface area contributed by atoms with Crippen molar-refractivity contribution in [3.63, 3.8) is 0 Å². The van der Waals surface area contributed by atoms with Crippen LogP contribution in [-0.2, 0) is 16.1 Å². The third-order valence-corrected chi connectivity index (χ3v) is 5.95. The molecular formula is C19H22N4O3S. The van der Waals surface area contributed by atoms with Crippen LogP contribution in [0.3, 0.4) is 0 Å². The minimum Gasteiger partial charge on any atom is -0.391 e. The number of fused-ring (bicyclic) bond motifs is 1. The minimum atomic E-state index is -0.902. The summed E-state index contributed by atoms with van der Waals surface area (Å²) in [6.45, 7) is 2.58. The highest BCUT2D eigenvalue weighted by atomic mass is 32.1. The summed E-state index contributed by atoms with van der Waals surface area (Å²) in [5, 5.41) is 18.8. The lowest BCUT2D eigenvalue weighted by atomic mass is 10.0. The Balaban J connectivity index is 1.37. The number of aromatic nitrogens is 1. The largest absolute Gasteiger partial charge is 0.391 e. The van der Waals surface area contributed by atoms with Crippen molar-refractivity contribution < 1.29 is 14.7 Å². The first-order chi connectivity index (χ1) is 13.0. The standard InChI is InChI=1S/C19H22N4O3S/c1-11(24)17-19(26)23-9-13(7-15(23)18(25)22-17)20-8-16-21-14(10-27-16)12-5-3-2-4-6-12/h2-6,10-11,13,15,17,20,24H,7-9H2,1H3,(H,22,25)/t11-,13-,15-,17+/m0/s1. The topological polar surface area (TPSA) is 94.6 Å². The maximum atomic E-state index is 12.5. The molecule has 4 rings (SSSR count). The summed E-state index contributed by atoms with van der Waals surface area (Å²) in [6.07, 6.45) is -0.331. The van der Waals surface area contributed by atoms with Gasteiger partial charge in [0.05, 0.1) is 11.8 Å². The van der Waals surface area contributed by atoms with Crippen LogP contribution in [0.2, 0.25) is 0 Å². The number of aliphatic hydroxyl groups is 1. The first-order valence-electron chi connectivity index (χ1n) is 9.05. The molecule has 2 amide bonds. The van der Waals surface area contributed by atoms with E-state index >= 15 is 0 Å². The molecule has 4 atom stereocenters. The predicted molar refractivity (Wildman–Crippen MR) is 102 cm³/mol. The van der Waals surface area contributed by atoms with Crippen LogP contribution < -0.4 is 10.6 Å². The van der Waals surface area contributed by atoms with Gasteiger partial charge in [-0.15, -0.1) is 11.3 Å². The van der Waals surface area contributed by atoms with Gasteiger partial charge in [-0.3, -0.25) is 9.59 Å². The first-order valence-corrected chi connectivity index (χ1v) is 9.93. The number of benzene rings is 1. The lowest BCUT2D eigenvalue weighted by Crippen LogP contribution is -2.64. The van der Waals surface area contributed by atoms with Crippen molar-refractivity contribution in [1.82, 2.24) is 20.5 Å². The molecule has 3 N–H and O–H groups in total. The van der Waals surface area contributed by atoms with Crippen molar-refractivity contribution in [2.24, 2.45) is 0 Å². The second-order valence-corrected chi connectivity index (χ2v) is 7.98. The second kappa shape index (κ2) is 7.38. The minimum absolute atomic E-state index is 0.0292. The van der Waals surface area contributed by atoms with Gasteiger partial charge in [-0.1, -0.05) is 30.3 Å².